The van der Waals surface area contributed by atoms with E-state index in [-0.39, 0.29) is 34.7 Å². The first kappa shape index (κ1) is 24.7. The third-order valence-electron chi connectivity index (χ3n) is 6.40. The van der Waals surface area contributed by atoms with Gasteiger partial charge in [0.1, 0.15) is 11.9 Å². The molecule has 1 aliphatic carbocycles. The highest BCUT2D eigenvalue weighted by Crippen LogP contribution is 2.34. The van der Waals surface area contributed by atoms with Gasteiger partial charge in [-0.05, 0) is 56.1 Å². The molecular weight excluding hydrogens is 479 g/mol. The Kier molecular flexibility index (Phi) is 8.24. The number of fused-ring (bicyclic) bond motifs is 1. The van der Waals surface area contributed by atoms with Crippen LogP contribution in [0.3, 0.4) is 0 Å². The van der Waals surface area contributed by atoms with Crippen LogP contribution in [0.5, 0.6) is 0 Å². The summed E-state index contributed by atoms with van der Waals surface area (Å²) < 4.78 is 5.85. The van der Waals surface area contributed by atoms with Crippen LogP contribution in [-0.4, -0.2) is 52.2 Å². The summed E-state index contributed by atoms with van der Waals surface area (Å²) in [7, 11) is 0. The van der Waals surface area contributed by atoms with Crippen LogP contribution in [0.2, 0.25) is 10.0 Å². The molecule has 0 aromatic carbocycles. The van der Waals surface area contributed by atoms with E-state index in [2.05, 4.69) is 27.8 Å². The summed E-state index contributed by atoms with van der Waals surface area (Å²) in [6, 6.07) is 3.21. The molecule has 10 heteroatoms. The van der Waals surface area contributed by atoms with Crippen molar-refractivity contribution < 1.29 is 19.4 Å². The van der Waals surface area contributed by atoms with Crippen molar-refractivity contribution in [2.24, 2.45) is 5.92 Å². The molecule has 2 aromatic heterocycles. The number of pyridine rings is 2. The highest BCUT2D eigenvalue weighted by molar-refractivity contribution is 6.39. The number of carboxylic acids is 1. The summed E-state index contributed by atoms with van der Waals surface area (Å²) in [6.45, 7) is 1.23. The van der Waals surface area contributed by atoms with Crippen molar-refractivity contribution in [3.63, 3.8) is 0 Å². The fourth-order valence-electron chi connectivity index (χ4n) is 4.37. The molecule has 1 amide bonds. The zero-order valence-electron chi connectivity index (χ0n) is 18.7. The fourth-order valence-corrected chi connectivity index (χ4v) is 4.91. The maximum atomic E-state index is 12.5. The van der Waals surface area contributed by atoms with E-state index in [9.17, 15) is 14.7 Å². The van der Waals surface area contributed by atoms with Gasteiger partial charge in [-0.25, -0.2) is 9.78 Å². The lowest BCUT2D eigenvalue weighted by Crippen LogP contribution is -2.42. The quantitative estimate of drug-likeness (QED) is 0.443. The molecule has 0 radical (unpaired) electrons. The largest absolute Gasteiger partial charge is 0.480 e. The van der Waals surface area contributed by atoms with Gasteiger partial charge < -0.3 is 20.5 Å². The van der Waals surface area contributed by atoms with E-state index in [1.165, 1.54) is 18.0 Å². The maximum Gasteiger partial charge on any atom is 0.326 e. The lowest BCUT2D eigenvalue weighted by Gasteiger charge is -2.35. The number of carbonyl (C=O) groups excluding carboxylic acids is 1. The number of nitrogens with one attached hydrogen (secondary N) is 2. The smallest absolute Gasteiger partial charge is 0.326 e. The van der Waals surface area contributed by atoms with Gasteiger partial charge in [0.05, 0.1) is 21.7 Å². The number of aromatic nitrogens is 2. The zero-order valence-corrected chi connectivity index (χ0v) is 20.2. The number of hydrogen-bond acceptors (Lipinski definition) is 6. The molecule has 1 aliphatic heterocycles. The molecule has 0 spiro atoms. The van der Waals surface area contributed by atoms with Gasteiger partial charge in [-0.1, -0.05) is 29.3 Å². The number of amides is 1. The highest BCUT2D eigenvalue weighted by atomic mass is 35.5. The Morgan fingerprint density at radius 3 is 2.74 bits per heavy atom. The van der Waals surface area contributed by atoms with Crippen LogP contribution >= 0.6 is 23.2 Å². The molecule has 2 aromatic rings. The summed E-state index contributed by atoms with van der Waals surface area (Å²) in [5.41, 5.74) is 2.43. The summed E-state index contributed by atoms with van der Waals surface area (Å²) >= 11 is 12.0. The molecule has 1 atom stereocenters. The van der Waals surface area contributed by atoms with E-state index in [4.69, 9.17) is 32.9 Å². The Hall–Kier alpha value is -2.42. The average molecular weight is 507 g/mol. The molecule has 3 heterocycles. The average Bonchev–Trinajstić information content (AvgIpc) is 2.78. The van der Waals surface area contributed by atoms with Gasteiger partial charge in [0.2, 0.25) is 0 Å². The molecule has 2 aliphatic rings. The van der Waals surface area contributed by atoms with Crippen molar-refractivity contribution in [1.82, 2.24) is 15.3 Å². The molecule has 1 fully saturated rings. The summed E-state index contributed by atoms with van der Waals surface area (Å²) in [4.78, 5) is 32.6. The highest BCUT2D eigenvalue weighted by Gasteiger charge is 2.30. The Bertz CT molecular complexity index is 1030. The predicted molar refractivity (Wildman–Crippen MR) is 130 cm³/mol. The number of anilines is 1. The molecular formula is C24H28Cl2N4O4. The first-order valence-electron chi connectivity index (χ1n) is 11.6. The number of rotatable bonds is 10. The molecule has 3 N–H and O–H groups in total. The van der Waals surface area contributed by atoms with Crippen LogP contribution in [0, 0.1) is 5.92 Å². The van der Waals surface area contributed by atoms with Crippen LogP contribution in [0.15, 0.2) is 24.5 Å². The van der Waals surface area contributed by atoms with Gasteiger partial charge in [-0.15, -0.1) is 0 Å². The molecule has 8 nitrogen and oxygen atoms in total. The monoisotopic (exact) mass is 506 g/mol. The second-order valence-electron chi connectivity index (χ2n) is 8.84. The minimum absolute atomic E-state index is 0.0107. The van der Waals surface area contributed by atoms with Crippen LogP contribution < -0.4 is 10.6 Å². The van der Waals surface area contributed by atoms with Crippen molar-refractivity contribution in [2.75, 3.05) is 18.5 Å². The van der Waals surface area contributed by atoms with Crippen molar-refractivity contribution in [3.05, 3.63) is 51.4 Å². The van der Waals surface area contributed by atoms with E-state index in [0.717, 1.165) is 56.6 Å². The number of aliphatic carboxylic acids is 1. The molecule has 182 valence electrons. The lowest BCUT2D eigenvalue weighted by atomic mass is 9.79. The number of carboxylic acid groups (broad SMARTS) is 1. The number of nitrogens with zero attached hydrogens (tertiary/aromatic N) is 2. The second kappa shape index (κ2) is 11.3. The van der Waals surface area contributed by atoms with Crippen LogP contribution in [0.4, 0.5) is 5.82 Å². The molecule has 4 rings (SSSR count). The molecule has 0 saturated heterocycles. The topological polar surface area (TPSA) is 113 Å². The molecule has 1 unspecified atom stereocenters. The first-order chi connectivity index (χ1) is 16.4. The van der Waals surface area contributed by atoms with Gasteiger partial charge in [0, 0.05) is 37.7 Å². The molecule has 1 saturated carbocycles. The van der Waals surface area contributed by atoms with Gasteiger partial charge in [-0.3, -0.25) is 9.78 Å². The number of ether oxygens (including phenoxy) is 1. The minimum Gasteiger partial charge on any atom is -0.480 e. The van der Waals surface area contributed by atoms with Crippen molar-refractivity contribution in [1.29, 1.82) is 0 Å². The summed E-state index contributed by atoms with van der Waals surface area (Å²) in [5, 5.41) is 15.4. The number of hydrogen-bond donors (Lipinski definition) is 3. The Balaban J connectivity index is 1.17. The molecule has 0 bridgehead atoms. The van der Waals surface area contributed by atoms with Crippen molar-refractivity contribution in [2.45, 2.75) is 57.1 Å². The molecule has 34 heavy (non-hydrogen) atoms. The van der Waals surface area contributed by atoms with E-state index in [1.54, 1.807) is 0 Å². The van der Waals surface area contributed by atoms with Gasteiger partial charge in [-0.2, -0.15) is 0 Å². The summed E-state index contributed by atoms with van der Waals surface area (Å²) in [6.07, 6.45) is 9.00. The standard InChI is InChI=1S/C24H28Cl2N4O4/c25-18-12-27-13-19(26)21(18)23(31)30-20(24(32)33)7-9-34-17-10-14(11-17)3-5-16-6-4-15-2-1-8-28-22(15)29-16/h4,6,12-14,17,20H,1-3,5,7-11H2,(H,28,29)(H,30,31)(H,32,33)/t14-,17+,20?. The first-order valence-corrected chi connectivity index (χ1v) is 12.3. The van der Waals surface area contributed by atoms with Gasteiger partial charge >= 0.3 is 5.97 Å². The number of aryl methyl sites for hydroxylation is 2. The second-order valence-corrected chi connectivity index (χ2v) is 9.66. The number of halogens is 2. The predicted octanol–water partition coefficient (Wildman–Crippen LogP) is 4.14. The third kappa shape index (κ3) is 6.17. The lowest BCUT2D eigenvalue weighted by molar-refractivity contribution is -0.140. The minimum atomic E-state index is -1.14. The Morgan fingerprint density at radius 2 is 2.00 bits per heavy atom. The van der Waals surface area contributed by atoms with Crippen molar-refractivity contribution in [3.8, 4) is 0 Å². The zero-order chi connectivity index (χ0) is 24.1. The fraction of sp³-hybridized carbons (Fsp3) is 0.500. The van der Waals surface area contributed by atoms with Crippen LogP contribution in [-0.2, 0) is 22.4 Å². The van der Waals surface area contributed by atoms with Crippen LogP contribution in [0.25, 0.3) is 0 Å². The van der Waals surface area contributed by atoms with E-state index >= 15 is 0 Å². The van der Waals surface area contributed by atoms with E-state index in [0.29, 0.717) is 5.92 Å². The van der Waals surface area contributed by atoms with Crippen molar-refractivity contribution >= 4 is 40.9 Å². The Morgan fingerprint density at radius 1 is 1.24 bits per heavy atom. The SMILES string of the molecule is O=C(NC(CCO[C@H]1C[C@@H](CCc2ccc3c(n2)NCCC3)C1)C(=O)O)c1c(Cl)cncc1Cl. The Labute approximate surface area is 208 Å². The van der Waals surface area contributed by atoms with Gasteiger partial charge in [0.25, 0.3) is 5.91 Å². The third-order valence-corrected chi connectivity index (χ3v) is 6.97. The van der Waals surface area contributed by atoms with Crippen LogP contribution in [0.1, 0.15) is 53.7 Å². The van der Waals surface area contributed by atoms with Gasteiger partial charge in [0.15, 0.2) is 0 Å². The maximum absolute atomic E-state index is 12.5. The van der Waals surface area contributed by atoms with E-state index < -0.39 is 17.9 Å². The normalized spacial score (nSPS) is 19.9. The van der Waals surface area contributed by atoms with E-state index in [1.807, 2.05) is 0 Å². The summed E-state index contributed by atoms with van der Waals surface area (Å²) in [5.74, 6) is -0.176. The number of carbonyl (C=O) groups is 2.